The highest BCUT2D eigenvalue weighted by Gasteiger charge is 2.18. The highest BCUT2D eigenvalue weighted by atomic mass is 32.1. The Morgan fingerprint density at radius 3 is 2.62 bits per heavy atom. The molecule has 0 fully saturated rings. The maximum Gasteiger partial charge on any atom is 0.355 e. The smallest absolute Gasteiger partial charge is 0.355 e. The lowest BCUT2D eigenvalue weighted by molar-refractivity contribution is 0.0692. The zero-order valence-electron chi connectivity index (χ0n) is 9.37. The van der Waals surface area contributed by atoms with Crippen LogP contribution in [0, 0.1) is 13.8 Å². The minimum Gasteiger partial charge on any atom is -0.476 e. The van der Waals surface area contributed by atoms with Gasteiger partial charge >= 0.3 is 5.97 Å². The van der Waals surface area contributed by atoms with Crippen LogP contribution in [0.4, 0.5) is 0 Å². The van der Waals surface area contributed by atoms with E-state index in [9.17, 15) is 4.79 Å². The van der Waals surface area contributed by atoms with Crippen LogP contribution in [0.2, 0.25) is 0 Å². The van der Waals surface area contributed by atoms with E-state index in [4.69, 9.17) is 5.11 Å². The Morgan fingerprint density at radius 1 is 1.38 bits per heavy atom. The van der Waals surface area contributed by atoms with Crippen LogP contribution >= 0.6 is 11.3 Å². The molecule has 2 aromatic rings. The normalized spacial score (nSPS) is 10.9. The third-order valence-corrected chi connectivity index (χ3v) is 3.69. The van der Waals surface area contributed by atoms with Gasteiger partial charge in [0.1, 0.15) is 10.7 Å². The van der Waals surface area contributed by atoms with E-state index in [2.05, 4.69) is 9.97 Å². The summed E-state index contributed by atoms with van der Waals surface area (Å²) in [6.07, 6.45) is 0.645. The van der Waals surface area contributed by atoms with Gasteiger partial charge in [-0.2, -0.15) is 0 Å². The lowest BCUT2D eigenvalue weighted by atomic mass is 10.1. The van der Waals surface area contributed by atoms with Crippen LogP contribution in [0.25, 0.3) is 10.2 Å². The van der Waals surface area contributed by atoms with E-state index < -0.39 is 5.97 Å². The number of carboxylic acids is 1. The van der Waals surface area contributed by atoms with Crippen LogP contribution in [0.3, 0.4) is 0 Å². The van der Waals surface area contributed by atoms with Crippen molar-refractivity contribution < 1.29 is 9.90 Å². The van der Waals surface area contributed by atoms with Crippen LogP contribution < -0.4 is 0 Å². The SMILES string of the molecule is CCc1nc(C(=O)O)c2c(C)c(C)sc2n1. The summed E-state index contributed by atoms with van der Waals surface area (Å²) in [5.74, 6) is -0.394. The van der Waals surface area contributed by atoms with E-state index >= 15 is 0 Å². The van der Waals surface area contributed by atoms with Crippen molar-refractivity contribution in [3.8, 4) is 0 Å². The Labute approximate surface area is 97.0 Å². The van der Waals surface area contributed by atoms with Crippen molar-refractivity contribution in [3.05, 3.63) is 22.0 Å². The van der Waals surface area contributed by atoms with Crippen LogP contribution in [0.5, 0.6) is 0 Å². The largest absolute Gasteiger partial charge is 0.476 e. The predicted molar refractivity (Wildman–Crippen MR) is 63.2 cm³/mol. The van der Waals surface area contributed by atoms with Crippen molar-refractivity contribution in [2.24, 2.45) is 0 Å². The first-order valence-corrected chi connectivity index (χ1v) is 5.86. The molecule has 0 saturated carbocycles. The molecule has 0 aromatic carbocycles. The average Bonchev–Trinajstić information content (AvgIpc) is 2.53. The lowest BCUT2D eigenvalue weighted by Gasteiger charge is -2.01. The summed E-state index contributed by atoms with van der Waals surface area (Å²) >= 11 is 1.53. The van der Waals surface area contributed by atoms with E-state index in [1.54, 1.807) is 0 Å². The van der Waals surface area contributed by atoms with Gasteiger partial charge in [-0.15, -0.1) is 11.3 Å². The van der Waals surface area contributed by atoms with Gasteiger partial charge in [0.2, 0.25) is 0 Å². The number of carboxylic acid groups (broad SMARTS) is 1. The molecular weight excluding hydrogens is 224 g/mol. The third-order valence-electron chi connectivity index (χ3n) is 2.59. The number of aromatic carboxylic acids is 1. The summed E-state index contributed by atoms with van der Waals surface area (Å²) in [4.78, 5) is 21.5. The number of hydrogen-bond donors (Lipinski definition) is 1. The molecule has 0 radical (unpaired) electrons. The van der Waals surface area contributed by atoms with E-state index in [-0.39, 0.29) is 5.69 Å². The number of hydrogen-bond acceptors (Lipinski definition) is 4. The van der Waals surface area contributed by atoms with E-state index in [1.165, 1.54) is 11.3 Å². The van der Waals surface area contributed by atoms with Gasteiger partial charge in [-0.05, 0) is 19.4 Å². The fourth-order valence-corrected chi connectivity index (χ4v) is 2.65. The van der Waals surface area contributed by atoms with E-state index in [1.807, 2.05) is 20.8 Å². The van der Waals surface area contributed by atoms with Crippen molar-refractivity contribution >= 4 is 27.5 Å². The zero-order chi connectivity index (χ0) is 11.9. The Morgan fingerprint density at radius 2 is 2.06 bits per heavy atom. The van der Waals surface area contributed by atoms with Crippen molar-refractivity contribution in [3.63, 3.8) is 0 Å². The molecule has 0 aliphatic carbocycles. The Bertz CT molecular complexity index is 575. The molecular formula is C11H12N2O2S. The number of aromatic nitrogens is 2. The fraction of sp³-hybridized carbons (Fsp3) is 0.364. The molecule has 2 aromatic heterocycles. The van der Waals surface area contributed by atoms with E-state index in [0.717, 1.165) is 15.3 Å². The number of thiophene rings is 1. The van der Waals surface area contributed by atoms with E-state index in [0.29, 0.717) is 17.6 Å². The third kappa shape index (κ3) is 1.57. The lowest BCUT2D eigenvalue weighted by Crippen LogP contribution is -2.05. The number of carbonyl (C=O) groups is 1. The summed E-state index contributed by atoms with van der Waals surface area (Å²) < 4.78 is 0. The minimum absolute atomic E-state index is 0.128. The standard InChI is InChI=1S/C11H12N2O2S/c1-4-7-12-9(11(14)15)8-5(2)6(3)16-10(8)13-7/h4H2,1-3H3,(H,14,15). The number of rotatable bonds is 2. The first kappa shape index (κ1) is 11.0. The molecule has 4 nitrogen and oxygen atoms in total. The first-order chi connectivity index (χ1) is 7.54. The molecule has 84 valence electrons. The second-order valence-electron chi connectivity index (χ2n) is 3.61. The maximum absolute atomic E-state index is 11.2. The Balaban J connectivity index is 2.88. The second kappa shape index (κ2) is 3.83. The van der Waals surface area contributed by atoms with Crippen LogP contribution in [-0.4, -0.2) is 21.0 Å². The molecule has 5 heteroatoms. The molecule has 2 rings (SSSR count). The number of fused-ring (bicyclic) bond motifs is 1. The molecule has 0 atom stereocenters. The predicted octanol–water partition coefficient (Wildman–Crippen LogP) is 2.57. The highest BCUT2D eigenvalue weighted by molar-refractivity contribution is 7.18. The van der Waals surface area contributed by atoms with Gasteiger partial charge in [0.05, 0.1) is 0 Å². The fourth-order valence-electron chi connectivity index (χ4n) is 1.61. The van der Waals surface area contributed by atoms with Crippen LogP contribution in [0.15, 0.2) is 0 Å². The van der Waals surface area contributed by atoms with Crippen molar-refractivity contribution in [2.75, 3.05) is 0 Å². The monoisotopic (exact) mass is 236 g/mol. The van der Waals surface area contributed by atoms with Gasteiger partial charge in [-0.1, -0.05) is 6.92 Å². The summed E-state index contributed by atoms with van der Waals surface area (Å²) in [7, 11) is 0. The Kier molecular flexibility index (Phi) is 2.63. The molecule has 0 unspecified atom stereocenters. The van der Waals surface area contributed by atoms with Crippen LogP contribution in [0.1, 0.15) is 33.7 Å². The van der Waals surface area contributed by atoms with Crippen molar-refractivity contribution in [1.82, 2.24) is 9.97 Å². The molecule has 16 heavy (non-hydrogen) atoms. The topological polar surface area (TPSA) is 63.1 Å². The molecule has 0 aliphatic rings. The Hall–Kier alpha value is -1.49. The number of aryl methyl sites for hydroxylation is 3. The summed E-state index contributed by atoms with van der Waals surface area (Å²) in [6.45, 7) is 5.80. The van der Waals surface area contributed by atoms with Gasteiger partial charge in [0, 0.05) is 16.7 Å². The molecule has 0 saturated heterocycles. The molecule has 0 spiro atoms. The van der Waals surface area contributed by atoms with Gasteiger partial charge in [0.15, 0.2) is 5.69 Å². The summed E-state index contributed by atoms with van der Waals surface area (Å²) in [5.41, 5.74) is 1.10. The van der Waals surface area contributed by atoms with Crippen molar-refractivity contribution in [2.45, 2.75) is 27.2 Å². The molecule has 2 heterocycles. The minimum atomic E-state index is -0.983. The molecule has 0 bridgehead atoms. The van der Waals surface area contributed by atoms with Gasteiger partial charge < -0.3 is 5.11 Å². The maximum atomic E-state index is 11.2. The summed E-state index contributed by atoms with van der Waals surface area (Å²) in [6, 6.07) is 0. The molecule has 0 amide bonds. The van der Waals surface area contributed by atoms with Crippen molar-refractivity contribution in [1.29, 1.82) is 0 Å². The highest BCUT2D eigenvalue weighted by Crippen LogP contribution is 2.30. The van der Waals surface area contributed by atoms with Gasteiger partial charge in [0.25, 0.3) is 0 Å². The second-order valence-corrected chi connectivity index (χ2v) is 4.81. The first-order valence-electron chi connectivity index (χ1n) is 5.04. The summed E-state index contributed by atoms with van der Waals surface area (Å²) in [5, 5.41) is 9.84. The molecule has 0 aliphatic heterocycles. The molecule has 1 N–H and O–H groups in total. The zero-order valence-corrected chi connectivity index (χ0v) is 10.2. The van der Waals surface area contributed by atoms with Gasteiger partial charge in [-0.25, -0.2) is 14.8 Å². The number of nitrogens with zero attached hydrogens (tertiary/aromatic N) is 2. The van der Waals surface area contributed by atoms with Crippen LogP contribution in [-0.2, 0) is 6.42 Å². The van der Waals surface area contributed by atoms with Gasteiger partial charge in [-0.3, -0.25) is 0 Å². The average molecular weight is 236 g/mol. The quantitative estimate of drug-likeness (QED) is 0.870.